The first-order valence-electron chi connectivity index (χ1n) is 14.5. The number of rotatable bonds is 9. The Labute approximate surface area is 297 Å². The van der Waals surface area contributed by atoms with Gasteiger partial charge < -0.3 is 23.5 Å². The van der Waals surface area contributed by atoms with E-state index in [9.17, 15) is 22.8 Å². The van der Waals surface area contributed by atoms with Crippen LogP contribution in [0.2, 0.25) is 10.0 Å². The maximum absolute atomic E-state index is 12.5. The number of ether oxygens (including phenoxy) is 3. The molecule has 0 aliphatic rings. The van der Waals surface area contributed by atoms with Crippen LogP contribution in [0.1, 0.15) is 50.9 Å². The van der Waals surface area contributed by atoms with Gasteiger partial charge in [0.2, 0.25) is 23.6 Å². The van der Waals surface area contributed by atoms with Crippen molar-refractivity contribution < 1.29 is 36.6 Å². The molecule has 270 valence electrons. The van der Waals surface area contributed by atoms with E-state index in [1.165, 1.54) is 63.7 Å². The number of nitrogens with zero attached hydrogens (tertiary/aromatic N) is 6. The van der Waals surface area contributed by atoms with Gasteiger partial charge in [-0.15, -0.1) is 5.10 Å². The summed E-state index contributed by atoms with van der Waals surface area (Å²) in [5.41, 5.74) is -0.210. The summed E-state index contributed by atoms with van der Waals surface area (Å²) in [5, 5.41) is 6.44. The number of hydrogen-bond acceptors (Lipinski definition) is 13. The van der Waals surface area contributed by atoms with Gasteiger partial charge >= 0.3 is 11.8 Å². The van der Waals surface area contributed by atoms with Crippen LogP contribution in [0, 0.1) is 0 Å². The molecule has 3 amide bonds. The molecule has 0 fully saturated rings. The highest BCUT2D eigenvalue weighted by atomic mass is 35.5. The number of sulfonamides is 1. The average molecular weight is 756 g/mol. The van der Waals surface area contributed by atoms with Crippen LogP contribution in [0.4, 0.5) is 10.7 Å². The summed E-state index contributed by atoms with van der Waals surface area (Å²) >= 11 is 12.3. The van der Waals surface area contributed by atoms with Crippen LogP contribution in [0.25, 0.3) is 5.69 Å². The van der Waals surface area contributed by atoms with Gasteiger partial charge in [0.25, 0.3) is 15.9 Å². The molecule has 17 nitrogen and oxygen atoms in total. The molecule has 0 spiro atoms. The molecule has 0 unspecified atom stereocenters. The smallest absolute Gasteiger partial charge is 0.442 e. The fourth-order valence-corrected chi connectivity index (χ4v) is 5.28. The van der Waals surface area contributed by atoms with Crippen molar-refractivity contribution in [3.8, 4) is 23.2 Å². The van der Waals surface area contributed by atoms with Gasteiger partial charge in [0, 0.05) is 31.8 Å². The van der Waals surface area contributed by atoms with Crippen LogP contribution in [0.5, 0.6) is 17.5 Å². The number of benzene rings is 1. The monoisotopic (exact) mass is 754 g/mol. The minimum Gasteiger partial charge on any atom is -0.489 e. The predicted molar refractivity (Wildman–Crippen MR) is 183 cm³/mol. The van der Waals surface area contributed by atoms with Crippen LogP contribution in [-0.4, -0.2) is 84.4 Å². The zero-order valence-corrected chi connectivity index (χ0v) is 30.9. The van der Waals surface area contributed by atoms with Gasteiger partial charge in [-0.3, -0.25) is 10.1 Å². The maximum Gasteiger partial charge on any atom is 0.442 e. The SMILES string of the molecule is CC(C)Oc1cc(-n2nc(C(C)(C)C)oc2=O)c(Cl)cc1Cl.COc1cc(OC)nc(NC(=O)NS(=O)(=O)c2ncccc2C(=O)N(C)C)n1. The third-order valence-electron chi connectivity index (χ3n) is 5.99. The standard InChI is InChI=1S/C15H18Cl2N2O3.C15H18N6O6S/c1-8(2)21-12-7-11(9(16)6-10(12)17)19-14(20)22-13(18-19)15(3,4)5;1-21(2)13(22)9-6-5-7-16-12(9)28(24,25)20-15(23)19-14-17-10(26-3)8-11(18-14)27-4/h6-8H,1-5H3;5-8H,1-4H3,(H2,17,18,19,20,23). The topological polar surface area (TPSA) is 210 Å². The second-order valence-corrected chi connectivity index (χ2v) is 14.0. The molecule has 0 saturated carbocycles. The Kier molecular flexibility index (Phi) is 12.8. The summed E-state index contributed by atoms with van der Waals surface area (Å²) in [6, 6.07) is 6.01. The largest absolute Gasteiger partial charge is 0.489 e. The molecule has 0 atom stereocenters. The van der Waals surface area contributed by atoms with Gasteiger partial charge in [-0.25, -0.2) is 19.3 Å². The first kappa shape index (κ1) is 39.5. The lowest BCUT2D eigenvalue weighted by Crippen LogP contribution is -2.36. The van der Waals surface area contributed by atoms with Crippen molar-refractivity contribution in [3.63, 3.8) is 0 Å². The second kappa shape index (κ2) is 16.2. The Morgan fingerprint density at radius 3 is 2.16 bits per heavy atom. The van der Waals surface area contributed by atoms with Gasteiger partial charge in [-0.1, -0.05) is 44.0 Å². The van der Waals surface area contributed by atoms with Crippen molar-refractivity contribution in [2.75, 3.05) is 33.6 Å². The lowest BCUT2D eigenvalue weighted by molar-refractivity contribution is 0.0823. The highest BCUT2D eigenvalue weighted by molar-refractivity contribution is 7.90. The van der Waals surface area contributed by atoms with Crippen LogP contribution in [0.15, 0.2) is 50.8 Å². The van der Waals surface area contributed by atoms with Gasteiger partial charge in [0.05, 0.1) is 47.7 Å². The van der Waals surface area contributed by atoms with E-state index in [1.807, 2.05) is 34.6 Å². The third-order valence-corrected chi connectivity index (χ3v) is 7.88. The lowest BCUT2D eigenvalue weighted by atomic mass is 9.97. The molecule has 4 rings (SSSR count). The molecule has 50 heavy (non-hydrogen) atoms. The molecular weight excluding hydrogens is 719 g/mol. The molecule has 0 aliphatic heterocycles. The summed E-state index contributed by atoms with van der Waals surface area (Å²) in [4.78, 5) is 49.0. The number of halogens is 2. The fourth-order valence-electron chi connectivity index (χ4n) is 3.73. The van der Waals surface area contributed by atoms with E-state index in [2.05, 4.69) is 25.4 Å². The molecule has 3 aromatic heterocycles. The summed E-state index contributed by atoms with van der Waals surface area (Å²) in [5.74, 6) is -0.505. The van der Waals surface area contributed by atoms with Crippen LogP contribution in [-0.2, 0) is 15.4 Å². The first-order chi connectivity index (χ1) is 23.3. The number of urea groups is 1. The van der Waals surface area contributed by atoms with Crippen molar-refractivity contribution in [2.24, 2.45) is 0 Å². The number of carbonyl (C=O) groups excluding carboxylic acids is 2. The number of aromatic nitrogens is 5. The summed E-state index contributed by atoms with van der Waals surface area (Å²) in [6.45, 7) is 9.47. The average Bonchev–Trinajstić information content (AvgIpc) is 3.43. The number of anilines is 1. The first-order valence-corrected chi connectivity index (χ1v) is 16.8. The van der Waals surface area contributed by atoms with E-state index < -0.39 is 32.7 Å². The van der Waals surface area contributed by atoms with E-state index in [4.69, 9.17) is 41.8 Å². The normalized spacial score (nSPS) is 11.3. The molecule has 3 heterocycles. The van der Waals surface area contributed by atoms with Gasteiger partial charge in [0.15, 0.2) is 5.03 Å². The molecule has 0 radical (unpaired) electrons. The molecule has 0 bridgehead atoms. The number of hydrogen-bond donors (Lipinski definition) is 2. The van der Waals surface area contributed by atoms with Gasteiger partial charge in [-0.05, 0) is 32.0 Å². The molecule has 0 saturated heterocycles. The molecule has 0 aliphatic carbocycles. The van der Waals surface area contributed by atoms with Crippen molar-refractivity contribution in [1.29, 1.82) is 0 Å². The van der Waals surface area contributed by atoms with Gasteiger partial charge in [0.1, 0.15) is 5.75 Å². The van der Waals surface area contributed by atoms with Crippen LogP contribution < -0.4 is 30.0 Å². The molecule has 1 aromatic carbocycles. The van der Waals surface area contributed by atoms with E-state index in [-0.39, 0.29) is 39.8 Å². The predicted octanol–water partition coefficient (Wildman–Crippen LogP) is 4.32. The summed E-state index contributed by atoms with van der Waals surface area (Å²) < 4.78 is 48.6. The van der Waals surface area contributed by atoms with Crippen molar-refractivity contribution in [2.45, 2.75) is 51.2 Å². The Morgan fingerprint density at radius 1 is 1.02 bits per heavy atom. The number of carbonyl (C=O) groups is 2. The van der Waals surface area contributed by atoms with Crippen molar-refractivity contribution in [3.05, 3.63) is 68.6 Å². The number of amides is 3. The van der Waals surface area contributed by atoms with Crippen molar-refractivity contribution in [1.82, 2.24) is 34.4 Å². The zero-order chi connectivity index (χ0) is 37.6. The fraction of sp³-hybridized carbons (Fsp3) is 0.367. The Balaban J connectivity index is 0.000000278. The molecular formula is C30H36Cl2N8O9S. The van der Waals surface area contributed by atoms with Crippen LogP contribution >= 0.6 is 23.2 Å². The minimum absolute atomic E-state index is 0.0642. The van der Waals surface area contributed by atoms with E-state index in [0.717, 1.165) is 4.68 Å². The number of methoxy groups -OCH3 is 2. The number of pyridine rings is 1. The molecule has 2 N–H and O–H groups in total. The highest BCUT2D eigenvalue weighted by Gasteiger charge is 2.27. The Hall–Kier alpha value is -4.94. The summed E-state index contributed by atoms with van der Waals surface area (Å²) in [7, 11) is 1.15. The highest BCUT2D eigenvalue weighted by Crippen LogP contribution is 2.33. The molecule has 20 heteroatoms. The summed E-state index contributed by atoms with van der Waals surface area (Å²) in [6.07, 6.45) is 1.13. The second-order valence-electron chi connectivity index (χ2n) is 11.6. The van der Waals surface area contributed by atoms with E-state index >= 15 is 0 Å². The maximum atomic E-state index is 12.5. The van der Waals surface area contributed by atoms with E-state index in [0.29, 0.717) is 22.4 Å². The Bertz CT molecular complexity index is 2000. The number of nitrogens with one attached hydrogen (secondary N) is 2. The molecule has 4 aromatic rings. The van der Waals surface area contributed by atoms with Crippen molar-refractivity contribution >= 4 is 51.1 Å². The minimum atomic E-state index is -4.46. The third kappa shape index (κ3) is 10.1. The Morgan fingerprint density at radius 2 is 1.64 bits per heavy atom. The zero-order valence-electron chi connectivity index (χ0n) is 28.6. The lowest BCUT2D eigenvalue weighted by Gasteiger charge is -2.14. The van der Waals surface area contributed by atoms with E-state index in [1.54, 1.807) is 10.8 Å². The quantitative estimate of drug-likeness (QED) is 0.244. The van der Waals surface area contributed by atoms with Crippen LogP contribution in [0.3, 0.4) is 0 Å². The van der Waals surface area contributed by atoms with Gasteiger partial charge in [-0.2, -0.15) is 23.1 Å².